The predicted octanol–water partition coefficient (Wildman–Crippen LogP) is 7.95. The van der Waals surface area contributed by atoms with Gasteiger partial charge in [0.05, 0.1) is 16.4 Å². The van der Waals surface area contributed by atoms with Crippen molar-refractivity contribution in [3.05, 3.63) is 65.4 Å². The lowest BCUT2D eigenvalue weighted by atomic mass is 9.60. The van der Waals surface area contributed by atoms with Crippen molar-refractivity contribution in [1.29, 1.82) is 0 Å². The van der Waals surface area contributed by atoms with Crippen molar-refractivity contribution in [2.45, 2.75) is 103 Å². The molecule has 1 aliphatic heterocycles. The van der Waals surface area contributed by atoms with E-state index in [1.54, 1.807) is 11.1 Å². The van der Waals surface area contributed by atoms with E-state index in [0.29, 0.717) is 0 Å². The van der Waals surface area contributed by atoms with Crippen LogP contribution >= 0.6 is 0 Å². The first-order valence-corrected chi connectivity index (χ1v) is 12.6. The smallest absolute Gasteiger partial charge is 0.192 e. The van der Waals surface area contributed by atoms with Crippen LogP contribution in [-0.4, -0.2) is 0 Å². The maximum absolute atomic E-state index is 2.63. The van der Waals surface area contributed by atoms with Gasteiger partial charge in [0, 0.05) is 19.4 Å². The van der Waals surface area contributed by atoms with Crippen LogP contribution in [0.5, 0.6) is 0 Å². The summed E-state index contributed by atoms with van der Waals surface area (Å²) in [5, 5.41) is 2.80. The van der Waals surface area contributed by atoms with E-state index < -0.39 is 0 Å². The molecule has 2 aliphatic rings. The molecule has 0 radical (unpaired) electrons. The standard InChI is InChI=1S/C31H40N/c1-9-30(7)24-14-12-11-13-22(24)27-23-20-26-25(28(3,4)16-17-29(26,5)6)19-21(23)15-18-32(27)31(30,8)10-2/h11-15,18-20H,9-10,16-17H2,1-8H3/q+1. The fourth-order valence-electron chi connectivity index (χ4n) is 6.88. The summed E-state index contributed by atoms with van der Waals surface area (Å²) in [5.41, 5.74) is 8.02. The largest absolute Gasteiger partial charge is 0.221 e. The molecule has 0 fully saturated rings. The molecular formula is C31H40N+. The molecule has 1 heteroatoms. The third kappa shape index (κ3) is 2.60. The van der Waals surface area contributed by atoms with Crippen LogP contribution in [0.1, 0.15) is 97.8 Å². The van der Waals surface area contributed by atoms with Gasteiger partial charge in [0.2, 0.25) is 5.69 Å². The number of nitrogens with zero attached hydrogens (tertiary/aromatic N) is 1. The van der Waals surface area contributed by atoms with Gasteiger partial charge in [0.15, 0.2) is 11.7 Å². The summed E-state index contributed by atoms with van der Waals surface area (Å²) in [4.78, 5) is 0. The SMILES string of the molecule is CCC1(C)c2ccccc2-c2c3cc4c(cc3cc[n+]2C1(C)CC)C(C)(C)CCC4(C)C. The van der Waals surface area contributed by atoms with Crippen LogP contribution in [0.2, 0.25) is 0 Å². The molecule has 0 bridgehead atoms. The van der Waals surface area contributed by atoms with E-state index in [4.69, 9.17) is 0 Å². The first-order chi connectivity index (χ1) is 15.0. The summed E-state index contributed by atoms with van der Waals surface area (Å²) < 4.78 is 2.63. The van der Waals surface area contributed by atoms with Gasteiger partial charge in [-0.2, -0.15) is 4.57 Å². The summed E-state index contributed by atoms with van der Waals surface area (Å²) in [6.07, 6.45) is 7.13. The van der Waals surface area contributed by atoms with E-state index >= 15 is 0 Å². The molecule has 2 unspecified atom stereocenters. The van der Waals surface area contributed by atoms with E-state index in [2.05, 4.69) is 109 Å². The van der Waals surface area contributed by atoms with Gasteiger partial charge in [0.1, 0.15) is 0 Å². The number of pyridine rings is 1. The van der Waals surface area contributed by atoms with E-state index in [1.165, 1.54) is 40.4 Å². The molecular weight excluding hydrogens is 386 g/mol. The van der Waals surface area contributed by atoms with E-state index in [0.717, 1.165) is 12.8 Å². The lowest BCUT2D eigenvalue weighted by Gasteiger charge is -2.46. The third-order valence-electron chi connectivity index (χ3n) is 9.81. The lowest BCUT2D eigenvalue weighted by Crippen LogP contribution is -2.67. The van der Waals surface area contributed by atoms with Crippen LogP contribution in [-0.2, 0) is 21.8 Å². The highest BCUT2D eigenvalue weighted by atomic mass is 15.1. The Bertz CT molecular complexity index is 1230. The summed E-state index contributed by atoms with van der Waals surface area (Å²) in [5.74, 6) is 0. The van der Waals surface area contributed by atoms with Gasteiger partial charge in [-0.05, 0) is 77.3 Å². The Morgan fingerprint density at radius 2 is 1.38 bits per heavy atom. The zero-order valence-corrected chi connectivity index (χ0v) is 21.4. The Balaban J connectivity index is 1.93. The number of hydrogen-bond acceptors (Lipinski definition) is 0. The van der Waals surface area contributed by atoms with Gasteiger partial charge in [0.25, 0.3) is 0 Å². The van der Waals surface area contributed by atoms with Crippen LogP contribution in [0.25, 0.3) is 22.0 Å². The molecule has 0 saturated heterocycles. The third-order valence-corrected chi connectivity index (χ3v) is 9.81. The first kappa shape index (κ1) is 21.7. The molecule has 32 heavy (non-hydrogen) atoms. The molecule has 3 aromatic rings. The second-order valence-corrected chi connectivity index (χ2v) is 12.1. The van der Waals surface area contributed by atoms with E-state index in [-0.39, 0.29) is 21.8 Å². The zero-order valence-electron chi connectivity index (χ0n) is 21.4. The Hall–Kier alpha value is -2.15. The van der Waals surface area contributed by atoms with Crippen molar-refractivity contribution in [2.24, 2.45) is 0 Å². The van der Waals surface area contributed by atoms with Crippen LogP contribution < -0.4 is 4.57 Å². The summed E-state index contributed by atoms with van der Waals surface area (Å²) in [7, 11) is 0. The molecule has 1 aliphatic carbocycles. The van der Waals surface area contributed by atoms with E-state index in [1.807, 2.05) is 0 Å². The van der Waals surface area contributed by atoms with Crippen molar-refractivity contribution >= 4 is 10.8 Å². The highest BCUT2D eigenvalue weighted by Crippen LogP contribution is 2.52. The number of aromatic nitrogens is 1. The number of rotatable bonds is 2. The van der Waals surface area contributed by atoms with Crippen LogP contribution in [0.3, 0.4) is 0 Å². The van der Waals surface area contributed by atoms with Crippen LogP contribution in [0, 0.1) is 0 Å². The summed E-state index contributed by atoms with van der Waals surface area (Å²) in [6.45, 7) is 19.4. The molecule has 0 spiro atoms. The molecule has 0 N–H and O–H groups in total. The Labute approximate surface area is 194 Å². The fourth-order valence-corrected chi connectivity index (χ4v) is 6.88. The predicted molar refractivity (Wildman–Crippen MR) is 136 cm³/mol. The Morgan fingerprint density at radius 3 is 2.00 bits per heavy atom. The number of hydrogen-bond donors (Lipinski definition) is 0. The van der Waals surface area contributed by atoms with Gasteiger partial charge >= 0.3 is 0 Å². The minimum Gasteiger partial charge on any atom is -0.192 e. The monoisotopic (exact) mass is 426 g/mol. The van der Waals surface area contributed by atoms with E-state index in [9.17, 15) is 0 Å². The highest BCUT2D eigenvalue weighted by Gasteiger charge is 2.56. The van der Waals surface area contributed by atoms with Gasteiger partial charge in [-0.15, -0.1) is 0 Å². The Morgan fingerprint density at radius 1 is 0.750 bits per heavy atom. The maximum atomic E-state index is 2.63. The van der Waals surface area contributed by atoms with Crippen LogP contribution in [0.4, 0.5) is 0 Å². The fraction of sp³-hybridized carbons (Fsp3) is 0.516. The molecule has 0 amide bonds. The van der Waals surface area contributed by atoms with Crippen molar-refractivity contribution in [1.82, 2.24) is 0 Å². The van der Waals surface area contributed by atoms with Crippen molar-refractivity contribution in [3.8, 4) is 11.3 Å². The van der Waals surface area contributed by atoms with Gasteiger partial charge in [-0.3, -0.25) is 0 Å². The van der Waals surface area contributed by atoms with Gasteiger partial charge in [-0.25, -0.2) is 0 Å². The minimum absolute atomic E-state index is 0.0321. The topological polar surface area (TPSA) is 3.88 Å². The van der Waals surface area contributed by atoms with Crippen LogP contribution in [0.15, 0.2) is 48.7 Å². The molecule has 2 aromatic carbocycles. The summed E-state index contributed by atoms with van der Waals surface area (Å²) in [6, 6.07) is 16.7. The molecule has 2 heterocycles. The Kier molecular flexibility index (Phi) is 4.53. The average Bonchev–Trinajstić information content (AvgIpc) is 2.79. The molecule has 168 valence electrons. The average molecular weight is 427 g/mol. The first-order valence-electron chi connectivity index (χ1n) is 12.6. The maximum Gasteiger partial charge on any atom is 0.221 e. The second kappa shape index (κ2) is 6.69. The lowest BCUT2D eigenvalue weighted by molar-refractivity contribution is -0.764. The minimum atomic E-state index is 0.0321. The molecule has 2 atom stereocenters. The van der Waals surface area contributed by atoms with Crippen molar-refractivity contribution in [2.75, 3.05) is 0 Å². The quantitative estimate of drug-likeness (QED) is 0.366. The molecule has 5 rings (SSSR count). The highest BCUT2D eigenvalue weighted by molar-refractivity contribution is 5.95. The van der Waals surface area contributed by atoms with Gasteiger partial charge in [-0.1, -0.05) is 59.7 Å². The molecule has 1 nitrogen and oxygen atoms in total. The van der Waals surface area contributed by atoms with Crippen molar-refractivity contribution < 1.29 is 4.57 Å². The molecule has 0 saturated carbocycles. The summed E-state index contributed by atoms with van der Waals surface area (Å²) >= 11 is 0. The normalized spacial score (nSPS) is 27.5. The zero-order chi connectivity index (χ0) is 23.1. The van der Waals surface area contributed by atoms with Gasteiger partial charge < -0.3 is 0 Å². The van der Waals surface area contributed by atoms with Crippen molar-refractivity contribution in [3.63, 3.8) is 0 Å². The second-order valence-electron chi connectivity index (χ2n) is 12.1. The number of fused-ring (bicyclic) bond motifs is 6. The molecule has 1 aromatic heterocycles. The number of benzene rings is 2.